The van der Waals surface area contributed by atoms with Crippen LogP contribution in [0.2, 0.25) is 0 Å². The zero-order chi connectivity index (χ0) is 40.0. The summed E-state index contributed by atoms with van der Waals surface area (Å²) in [6.07, 6.45) is 3.97. The van der Waals surface area contributed by atoms with Crippen LogP contribution in [0.25, 0.3) is 11.3 Å². The molecule has 0 saturated carbocycles. The molecule has 2 amide bonds. The lowest BCUT2D eigenvalue weighted by Gasteiger charge is -2.46. The molecule has 2 fully saturated rings. The largest absolute Gasteiger partial charge is 0.459 e. The van der Waals surface area contributed by atoms with Crippen molar-refractivity contribution in [2.45, 2.75) is 142 Å². The van der Waals surface area contributed by atoms with Gasteiger partial charge in [-0.3, -0.25) is 14.3 Å². The summed E-state index contributed by atoms with van der Waals surface area (Å²) >= 11 is 0. The number of hydrogen-bond acceptors (Lipinski definition) is 11. The number of amides is 2. The van der Waals surface area contributed by atoms with Gasteiger partial charge in [-0.2, -0.15) is 5.10 Å². The van der Waals surface area contributed by atoms with Gasteiger partial charge in [-0.25, -0.2) is 19.2 Å². The predicted octanol–water partition coefficient (Wildman–Crippen LogP) is 8.80. The normalized spacial score (nSPS) is 22.7. The minimum atomic E-state index is -3.63. The van der Waals surface area contributed by atoms with Crippen molar-refractivity contribution in [2.24, 2.45) is 0 Å². The summed E-state index contributed by atoms with van der Waals surface area (Å²) in [5, 5.41) is 3.14. The summed E-state index contributed by atoms with van der Waals surface area (Å²) in [4.78, 5) is 43.9. The van der Waals surface area contributed by atoms with Crippen LogP contribution in [0.3, 0.4) is 0 Å². The molecule has 54 heavy (non-hydrogen) atoms. The number of benzene rings is 1. The Labute approximate surface area is 321 Å². The van der Waals surface area contributed by atoms with E-state index in [0.717, 1.165) is 41.0 Å². The first-order valence-corrected chi connectivity index (χ1v) is 21.1. The van der Waals surface area contributed by atoms with Crippen molar-refractivity contribution in [3.05, 3.63) is 42.1 Å². The maximum absolute atomic E-state index is 15.0. The third-order valence-corrected chi connectivity index (χ3v) is 12.5. The molecule has 0 radical (unpaired) electrons. The van der Waals surface area contributed by atoms with E-state index in [1.807, 2.05) is 22.9 Å². The van der Waals surface area contributed by atoms with Gasteiger partial charge in [0, 0.05) is 50.7 Å². The number of imide groups is 1. The van der Waals surface area contributed by atoms with Crippen LogP contribution in [0, 0.1) is 0 Å². The van der Waals surface area contributed by atoms with Crippen molar-refractivity contribution < 1.29 is 42.4 Å². The highest BCUT2D eigenvalue weighted by atomic mass is 31.2. The fourth-order valence-electron chi connectivity index (χ4n) is 6.90. The van der Waals surface area contributed by atoms with Crippen molar-refractivity contribution >= 4 is 25.5 Å². The van der Waals surface area contributed by atoms with E-state index in [9.17, 15) is 14.4 Å². The van der Waals surface area contributed by atoms with E-state index in [-0.39, 0.29) is 38.5 Å². The summed E-state index contributed by atoms with van der Waals surface area (Å²) in [5.74, 6) is -0.576. The third-order valence-electron chi connectivity index (χ3n) is 9.20. The van der Waals surface area contributed by atoms with Gasteiger partial charge in [0.25, 0.3) is 0 Å². The smallest absolute Gasteiger partial charge is 0.419 e. The molecule has 302 valence electrons. The van der Waals surface area contributed by atoms with E-state index >= 15 is 4.57 Å². The Morgan fingerprint density at radius 3 is 2.17 bits per heavy atom. The first-order valence-electron chi connectivity index (χ1n) is 19.3. The van der Waals surface area contributed by atoms with Gasteiger partial charge in [-0.05, 0) is 119 Å². The molecule has 3 heterocycles. The number of unbranched alkanes of at least 4 members (excludes halogenated alkanes) is 1. The van der Waals surface area contributed by atoms with E-state index in [4.69, 9.17) is 23.5 Å². The summed E-state index contributed by atoms with van der Waals surface area (Å²) in [7, 11) is -3.63. The number of carbonyl (C=O) groups is 3. The molecule has 4 rings (SSSR count). The van der Waals surface area contributed by atoms with Crippen molar-refractivity contribution in [3.8, 4) is 11.3 Å². The van der Waals surface area contributed by atoms with Crippen LogP contribution in [0.15, 0.2) is 36.5 Å². The van der Waals surface area contributed by atoms with Gasteiger partial charge in [0.05, 0.1) is 12.3 Å². The molecular formula is C40H63N4O9P. The van der Waals surface area contributed by atoms with Gasteiger partial charge < -0.3 is 23.5 Å². The number of ether oxygens (including phenoxy) is 4. The highest BCUT2D eigenvalue weighted by Gasteiger charge is 2.59. The summed E-state index contributed by atoms with van der Waals surface area (Å²) in [5.41, 5.74) is 0.472. The van der Waals surface area contributed by atoms with E-state index < -0.39 is 47.5 Å². The Morgan fingerprint density at radius 2 is 1.57 bits per heavy atom. The van der Waals surface area contributed by atoms with Crippen LogP contribution >= 0.6 is 7.37 Å². The Bertz CT molecular complexity index is 1610. The second-order valence-electron chi connectivity index (χ2n) is 17.3. The minimum absolute atomic E-state index is 0.0252. The number of esters is 1. The van der Waals surface area contributed by atoms with E-state index in [2.05, 4.69) is 22.1 Å². The van der Waals surface area contributed by atoms with Crippen molar-refractivity contribution in [1.29, 1.82) is 0 Å². The van der Waals surface area contributed by atoms with E-state index in [1.165, 1.54) is 0 Å². The quantitative estimate of drug-likeness (QED) is 0.0885. The van der Waals surface area contributed by atoms with Gasteiger partial charge in [0.15, 0.2) is 11.4 Å². The molecule has 1 aromatic carbocycles. The lowest BCUT2D eigenvalue weighted by Crippen LogP contribution is -2.56. The Kier molecular flexibility index (Phi) is 14.2. The van der Waals surface area contributed by atoms with Crippen LogP contribution in [-0.4, -0.2) is 98.7 Å². The lowest BCUT2D eigenvalue weighted by molar-refractivity contribution is -0.160. The second kappa shape index (κ2) is 17.7. The highest BCUT2D eigenvalue weighted by Crippen LogP contribution is 2.64. The van der Waals surface area contributed by atoms with Gasteiger partial charge in [0.2, 0.25) is 7.37 Å². The average molecular weight is 775 g/mol. The fraction of sp³-hybridized carbons (Fsp3) is 0.700. The van der Waals surface area contributed by atoms with Crippen LogP contribution in [0.5, 0.6) is 0 Å². The van der Waals surface area contributed by atoms with Crippen LogP contribution in [0.1, 0.15) is 120 Å². The Balaban J connectivity index is 1.63. The summed E-state index contributed by atoms with van der Waals surface area (Å²) in [6.45, 7) is 19.4. The molecule has 2 unspecified atom stereocenters. The van der Waals surface area contributed by atoms with Gasteiger partial charge in [0.1, 0.15) is 16.8 Å². The van der Waals surface area contributed by atoms with Crippen LogP contribution in [-0.2, 0) is 39.4 Å². The van der Waals surface area contributed by atoms with Crippen LogP contribution < -0.4 is 0 Å². The SMILES string of the molecule is CCOP1(=O)CCN(Cc2ccccc2-c2ccnn2C2CCCCO2)C[C@@]1(CCCCN(C(=O)OC(C)(C)C)C(=O)OC(C)(C)C)C(=O)OC(C)(C)C. The molecule has 2 aliphatic rings. The third kappa shape index (κ3) is 11.4. The molecular weight excluding hydrogens is 711 g/mol. The Morgan fingerprint density at radius 1 is 0.926 bits per heavy atom. The van der Waals surface area contributed by atoms with E-state index in [0.29, 0.717) is 32.5 Å². The van der Waals surface area contributed by atoms with Gasteiger partial charge in [-0.15, -0.1) is 0 Å². The fourth-order valence-corrected chi connectivity index (χ4v) is 9.91. The molecule has 0 aliphatic carbocycles. The first kappa shape index (κ1) is 43.5. The lowest BCUT2D eigenvalue weighted by atomic mass is 9.97. The molecule has 0 bridgehead atoms. The molecule has 0 spiro atoms. The molecule has 1 aromatic heterocycles. The zero-order valence-corrected chi connectivity index (χ0v) is 35.0. The molecule has 13 nitrogen and oxygen atoms in total. The van der Waals surface area contributed by atoms with Crippen molar-refractivity contribution in [2.75, 3.05) is 39.0 Å². The average Bonchev–Trinajstić information content (AvgIpc) is 3.54. The summed E-state index contributed by atoms with van der Waals surface area (Å²) in [6, 6.07) is 10.1. The number of rotatable bonds is 12. The van der Waals surface area contributed by atoms with Crippen molar-refractivity contribution in [1.82, 2.24) is 19.6 Å². The number of aromatic nitrogens is 2. The van der Waals surface area contributed by atoms with E-state index in [1.54, 1.807) is 75.4 Å². The molecule has 2 aliphatic heterocycles. The predicted molar refractivity (Wildman–Crippen MR) is 207 cm³/mol. The van der Waals surface area contributed by atoms with Gasteiger partial charge in [-0.1, -0.05) is 24.3 Å². The van der Waals surface area contributed by atoms with Crippen molar-refractivity contribution in [3.63, 3.8) is 0 Å². The molecule has 2 aromatic rings. The zero-order valence-electron chi connectivity index (χ0n) is 34.1. The standard InChI is InChI=1S/C40H63N4O9P/c1-11-50-54(48)27-25-42(28-30-18-12-13-19-31(30)32-21-23-41-44(32)33-20-14-17-26-49-33)29-40(54,34(45)51-37(2,3)4)22-15-16-24-43(35(46)52-38(5,6)7)36(47)53-39(8,9)10/h12-13,18-19,21,23,33H,11,14-17,20,22,24-29H2,1-10H3/t33?,40-,54?/m0/s1. The second-order valence-corrected chi connectivity index (χ2v) is 20.2. The van der Waals surface area contributed by atoms with Gasteiger partial charge >= 0.3 is 18.2 Å². The number of nitrogens with zero attached hydrogens (tertiary/aromatic N) is 4. The summed E-state index contributed by atoms with van der Waals surface area (Å²) < 4.78 is 46.3. The molecule has 14 heteroatoms. The topological polar surface area (TPSA) is 139 Å². The first-order chi connectivity index (χ1) is 25.2. The molecule has 2 saturated heterocycles. The number of hydrogen-bond donors (Lipinski definition) is 0. The molecule has 3 atom stereocenters. The number of carbonyl (C=O) groups excluding carboxylic acids is 3. The molecule has 0 N–H and O–H groups in total. The monoisotopic (exact) mass is 774 g/mol. The van der Waals surface area contributed by atoms with Crippen LogP contribution in [0.4, 0.5) is 9.59 Å². The highest BCUT2D eigenvalue weighted by molar-refractivity contribution is 7.62. The maximum atomic E-state index is 15.0. The Hall–Kier alpha value is -3.25. The maximum Gasteiger partial charge on any atom is 0.419 e. The minimum Gasteiger partial charge on any atom is -0.459 e.